The molecule has 1 heterocycles. The number of hydrogen-bond donors (Lipinski definition) is 1. The zero-order valence-corrected chi connectivity index (χ0v) is 12.8. The van der Waals surface area contributed by atoms with Gasteiger partial charge in [0, 0.05) is 10.9 Å². The molecule has 0 aliphatic rings. The largest absolute Gasteiger partial charge is 0.310 e. The van der Waals surface area contributed by atoms with Crippen molar-refractivity contribution in [1.82, 2.24) is 5.32 Å². The Morgan fingerprint density at radius 3 is 2.85 bits per heavy atom. The van der Waals surface area contributed by atoms with Crippen LogP contribution >= 0.6 is 11.3 Å². The first-order chi connectivity index (χ1) is 9.79. The van der Waals surface area contributed by atoms with E-state index in [1.807, 2.05) is 17.4 Å². The molecule has 0 fully saturated rings. The SMILES string of the molecule is CCCNC(CCCc1cccs1)c1cccc(F)c1. The number of hydrogen-bond acceptors (Lipinski definition) is 2. The van der Waals surface area contributed by atoms with Crippen molar-refractivity contribution >= 4 is 11.3 Å². The third-order valence-electron chi connectivity index (χ3n) is 3.39. The standard InChI is InChI=1S/C17H22FNS/c1-2-11-19-17(14-6-3-7-15(18)13-14)10-4-8-16-9-5-12-20-16/h3,5-7,9,12-13,17,19H,2,4,8,10-11H2,1H3. The smallest absolute Gasteiger partial charge is 0.123 e. The number of thiophene rings is 1. The quantitative estimate of drug-likeness (QED) is 0.725. The van der Waals surface area contributed by atoms with Crippen LogP contribution < -0.4 is 5.32 Å². The lowest BCUT2D eigenvalue weighted by Crippen LogP contribution is -2.22. The van der Waals surface area contributed by atoms with Gasteiger partial charge in [-0.05, 0) is 61.4 Å². The fourth-order valence-corrected chi connectivity index (χ4v) is 3.11. The molecule has 0 spiro atoms. The number of aryl methyl sites for hydroxylation is 1. The fourth-order valence-electron chi connectivity index (χ4n) is 2.36. The summed E-state index contributed by atoms with van der Waals surface area (Å²) in [5, 5.41) is 5.65. The predicted molar refractivity (Wildman–Crippen MR) is 84.7 cm³/mol. The van der Waals surface area contributed by atoms with E-state index >= 15 is 0 Å². The van der Waals surface area contributed by atoms with Crippen LogP contribution in [0.5, 0.6) is 0 Å². The molecule has 3 heteroatoms. The summed E-state index contributed by atoms with van der Waals surface area (Å²) in [6.07, 6.45) is 4.37. The normalized spacial score (nSPS) is 12.5. The summed E-state index contributed by atoms with van der Waals surface area (Å²) >= 11 is 1.81. The summed E-state index contributed by atoms with van der Waals surface area (Å²) in [5.41, 5.74) is 1.06. The van der Waals surface area contributed by atoms with Gasteiger partial charge in [0.25, 0.3) is 0 Å². The molecule has 1 aromatic heterocycles. The average molecular weight is 291 g/mol. The maximum atomic E-state index is 13.4. The zero-order valence-electron chi connectivity index (χ0n) is 11.9. The number of nitrogens with one attached hydrogen (secondary N) is 1. The molecule has 0 saturated heterocycles. The van der Waals surface area contributed by atoms with Gasteiger partial charge in [0.05, 0.1) is 0 Å². The van der Waals surface area contributed by atoms with Gasteiger partial charge in [-0.1, -0.05) is 25.1 Å². The van der Waals surface area contributed by atoms with Gasteiger partial charge in [0.2, 0.25) is 0 Å². The van der Waals surface area contributed by atoms with E-state index < -0.39 is 0 Å². The van der Waals surface area contributed by atoms with Crippen molar-refractivity contribution in [2.24, 2.45) is 0 Å². The second-order valence-electron chi connectivity index (χ2n) is 5.03. The Hall–Kier alpha value is -1.19. The molecule has 1 aromatic carbocycles. The van der Waals surface area contributed by atoms with Gasteiger partial charge in [-0.25, -0.2) is 4.39 Å². The van der Waals surface area contributed by atoms with Crippen molar-refractivity contribution in [1.29, 1.82) is 0 Å². The van der Waals surface area contributed by atoms with E-state index in [4.69, 9.17) is 0 Å². The second-order valence-corrected chi connectivity index (χ2v) is 6.07. The van der Waals surface area contributed by atoms with Gasteiger partial charge in [0.15, 0.2) is 0 Å². The van der Waals surface area contributed by atoms with Crippen molar-refractivity contribution in [3.8, 4) is 0 Å². The van der Waals surface area contributed by atoms with Crippen molar-refractivity contribution < 1.29 is 4.39 Å². The minimum absolute atomic E-state index is 0.149. The third kappa shape index (κ3) is 4.73. The maximum absolute atomic E-state index is 13.4. The van der Waals surface area contributed by atoms with Gasteiger partial charge >= 0.3 is 0 Å². The van der Waals surface area contributed by atoms with Crippen LogP contribution in [0.3, 0.4) is 0 Å². The minimum Gasteiger partial charge on any atom is -0.310 e. The molecule has 0 aliphatic carbocycles. The Labute approximate surface area is 124 Å². The van der Waals surface area contributed by atoms with Crippen LogP contribution in [0.2, 0.25) is 0 Å². The highest BCUT2D eigenvalue weighted by atomic mass is 32.1. The van der Waals surface area contributed by atoms with Crippen LogP contribution in [0.15, 0.2) is 41.8 Å². The molecule has 0 radical (unpaired) electrons. The monoisotopic (exact) mass is 291 g/mol. The molecule has 0 amide bonds. The summed E-state index contributed by atoms with van der Waals surface area (Å²) in [6.45, 7) is 3.13. The Morgan fingerprint density at radius 2 is 2.15 bits per heavy atom. The molecular formula is C17H22FNS. The minimum atomic E-state index is -0.149. The first kappa shape index (κ1) is 15.2. The van der Waals surface area contributed by atoms with Gasteiger partial charge in [-0.15, -0.1) is 11.3 Å². The van der Waals surface area contributed by atoms with Crippen LogP contribution in [0.1, 0.15) is 42.7 Å². The summed E-state index contributed by atoms with van der Waals surface area (Å²) in [6, 6.07) is 11.5. The van der Waals surface area contributed by atoms with Crippen LogP contribution in [0, 0.1) is 5.82 Å². The molecular weight excluding hydrogens is 269 g/mol. The van der Waals surface area contributed by atoms with Crippen molar-refractivity contribution in [3.63, 3.8) is 0 Å². The number of rotatable bonds is 8. The van der Waals surface area contributed by atoms with Crippen LogP contribution in [-0.2, 0) is 6.42 Å². The summed E-state index contributed by atoms with van der Waals surface area (Å²) in [7, 11) is 0. The summed E-state index contributed by atoms with van der Waals surface area (Å²) in [4.78, 5) is 1.43. The average Bonchev–Trinajstić information content (AvgIpc) is 2.96. The second kappa shape index (κ2) is 8.18. The van der Waals surface area contributed by atoms with Crippen LogP contribution in [0.4, 0.5) is 4.39 Å². The predicted octanol–water partition coefficient (Wildman–Crippen LogP) is 4.95. The van der Waals surface area contributed by atoms with E-state index in [-0.39, 0.29) is 11.9 Å². The van der Waals surface area contributed by atoms with Crippen molar-refractivity contribution in [3.05, 3.63) is 58.0 Å². The van der Waals surface area contributed by atoms with Crippen LogP contribution in [0.25, 0.3) is 0 Å². The molecule has 2 rings (SSSR count). The maximum Gasteiger partial charge on any atom is 0.123 e. The van der Waals surface area contributed by atoms with Crippen LogP contribution in [-0.4, -0.2) is 6.54 Å². The molecule has 1 nitrogen and oxygen atoms in total. The first-order valence-corrected chi connectivity index (χ1v) is 8.18. The molecule has 20 heavy (non-hydrogen) atoms. The molecule has 0 saturated carbocycles. The molecule has 1 N–H and O–H groups in total. The third-order valence-corrected chi connectivity index (χ3v) is 4.32. The topological polar surface area (TPSA) is 12.0 Å². The molecule has 1 unspecified atom stereocenters. The van der Waals surface area contributed by atoms with Gasteiger partial charge < -0.3 is 5.32 Å². The number of benzene rings is 1. The Balaban J connectivity index is 1.92. The van der Waals surface area contributed by atoms with E-state index in [2.05, 4.69) is 29.8 Å². The summed E-state index contributed by atoms with van der Waals surface area (Å²) in [5.74, 6) is -0.149. The number of halogens is 1. The molecule has 108 valence electrons. The lowest BCUT2D eigenvalue weighted by molar-refractivity contribution is 0.482. The van der Waals surface area contributed by atoms with E-state index in [1.54, 1.807) is 12.1 Å². The molecule has 0 aliphatic heterocycles. The zero-order chi connectivity index (χ0) is 14.2. The highest BCUT2D eigenvalue weighted by molar-refractivity contribution is 7.09. The van der Waals surface area contributed by atoms with E-state index in [1.165, 1.54) is 10.9 Å². The Kier molecular flexibility index (Phi) is 6.22. The summed E-state index contributed by atoms with van der Waals surface area (Å²) < 4.78 is 13.4. The van der Waals surface area contributed by atoms with Gasteiger partial charge in [0.1, 0.15) is 5.82 Å². The lowest BCUT2D eigenvalue weighted by Gasteiger charge is -2.19. The fraction of sp³-hybridized carbons (Fsp3) is 0.412. The highest BCUT2D eigenvalue weighted by Crippen LogP contribution is 2.21. The highest BCUT2D eigenvalue weighted by Gasteiger charge is 2.11. The van der Waals surface area contributed by atoms with E-state index in [0.717, 1.165) is 37.8 Å². The van der Waals surface area contributed by atoms with Crippen molar-refractivity contribution in [2.45, 2.75) is 38.6 Å². The van der Waals surface area contributed by atoms with Gasteiger partial charge in [-0.2, -0.15) is 0 Å². The molecule has 0 bridgehead atoms. The van der Waals surface area contributed by atoms with E-state index in [9.17, 15) is 4.39 Å². The van der Waals surface area contributed by atoms with E-state index in [0.29, 0.717) is 0 Å². The molecule has 1 atom stereocenters. The Morgan fingerprint density at radius 1 is 1.25 bits per heavy atom. The lowest BCUT2D eigenvalue weighted by atomic mass is 10.0. The van der Waals surface area contributed by atoms with Crippen molar-refractivity contribution in [2.75, 3.05) is 6.54 Å². The molecule has 2 aromatic rings. The van der Waals surface area contributed by atoms with Gasteiger partial charge in [-0.3, -0.25) is 0 Å². The Bertz CT molecular complexity index is 495. The first-order valence-electron chi connectivity index (χ1n) is 7.31.